The van der Waals surface area contributed by atoms with E-state index >= 15 is 0 Å². The Bertz CT molecular complexity index is 202. The fourth-order valence-electron chi connectivity index (χ4n) is 1.08. The highest BCUT2D eigenvalue weighted by Gasteiger charge is 2.21. The van der Waals surface area contributed by atoms with Crippen molar-refractivity contribution in [2.75, 3.05) is 5.75 Å². The molecule has 82 valence electrons. The first kappa shape index (κ1) is 13.8. The normalized spacial score (nSPS) is 16.0. The van der Waals surface area contributed by atoms with Crippen LogP contribution in [0.5, 0.6) is 0 Å². The third-order valence-electron chi connectivity index (χ3n) is 2.16. The summed E-state index contributed by atoms with van der Waals surface area (Å²) in [6.07, 6.45) is 2.58. The van der Waals surface area contributed by atoms with Gasteiger partial charge in [-0.25, -0.2) is 0 Å². The highest BCUT2D eigenvalue weighted by Crippen LogP contribution is 2.25. The maximum absolute atomic E-state index is 8.86. The largest absolute Gasteiger partial charge is 0.313 e. The molecular weight excluding hydrogens is 192 g/mol. The molecule has 0 radical (unpaired) electrons. The fraction of sp³-hybridized carbons (Fsp3) is 0.909. The minimum atomic E-state index is -0.599. The third-order valence-corrected chi connectivity index (χ3v) is 3.51. The van der Waals surface area contributed by atoms with E-state index in [-0.39, 0.29) is 0 Å². The fourth-order valence-corrected chi connectivity index (χ4v) is 1.98. The van der Waals surface area contributed by atoms with Crippen molar-refractivity contribution in [3.8, 4) is 6.07 Å². The molecule has 0 saturated heterocycles. The van der Waals surface area contributed by atoms with Gasteiger partial charge < -0.3 is 5.73 Å². The average molecular weight is 214 g/mol. The molecule has 0 aliphatic carbocycles. The van der Waals surface area contributed by atoms with Crippen LogP contribution in [0.3, 0.4) is 0 Å². The van der Waals surface area contributed by atoms with Crippen LogP contribution >= 0.6 is 11.8 Å². The van der Waals surface area contributed by atoms with Gasteiger partial charge in [-0.05, 0) is 25.0 Å². The summed E-state index contributed by atoms with van der Waals surface area (Å²) in [6, 6.07) is 2.19. The number of nitriles is 1. The summed E-state index contributed by atoms with van der Waals surface area (Å²) >= 11 is 1.93. The Morgan fingerprint density at radius 2 is 1.93 bits per heavy atom. The second-order valence-electron chi connectivity index (χ2n) is 4.69. The van der Waals surface area contributed by atoms with Crippen LogP contribution in [0.4, 0.5) is 0 Å². The summed E-state index contributed by atoms with van der Waals surface area (Å²) in [6.45, 7) is 8.59. The first-order valence-electron chi connectivity index (χ1n) is 5.17. The highest BCUT2D eigenvalue weighted by atomic mass is 32.2. The Morgan fingerprint density at radius 1 is 1.36 bits per heavy atom. The van der Waals surface area contributed by atoms with Crippen LogP contribution in [0.2, 0.25) is 0 Å². The molecule has 1 atom stereocenters. The quantitative estimate of drug-likeness (QED) is 0.716. The summed E-state index contributed by atoms with van der Waals surface area (Å²) in [7, 11) is 0. The number of nitrogens with zero attached hydrogens (tertiary/aromatic N) is 1. The molecule has 2 N–H and O–H groups in total. The molecule has 3 heteroatoms. The zero-order chi connectivity index (χ0) is 11.2. The predicted octanol–water partition coefficient (Wildman–Crippen LogP) is 2.93. The highest BCUT2D eigenvalue weighted by molar-refractivity contribution is 8.00. The zero-order valence-electron chi connectivity index (χ0n) is 9.76. The van der Waals surface area contributed by atoms with E-state index in [0.29, 0.717) is 4.75 Å². The standard InChI is InChI=1S/C11H22N2S/c1-5-11(13,9-12)7-6-8-14-10(2,3)4/h5-8,13H2,1-4H3. The molecule has 0 heterocycles. The second-order valence-corrected chi connectivity index (χ2v) is 6.61. The molecule has 2 nitrogen and oxygen atoms in total. The first-order valence-corrected chi connectivity index (χ1v) is 6.15. The molecule has 0 aliphatic rings. The molecule has 0 rings (SSSR count). The van der Waals surface area contributed by atoms with Crippen molar-refractivity contribution in [2.45, 2.75) is 57.2 Å². The third kappa shape index (κ3) is 6.28. The van der Waals surface area contributed by atoms with Crippen LogP contribution in [0, 0.1) is 11.3 Å². The van der Waals surface area contributed by atoms with Gasteiger partial charge in [-0.3, -0.25) is 0 Å². The Balaban J connectivity index is 3.70. The van der Waals surface area contributed by atoms with Gasteiger partial charge in [0, 0.05) is 4.75 Å². The van der Waals surface area contributed by atoms with Crippen LogP contribution in [0.25, 0.3) is 0 Å². The van der Waals surface area contributed by atoms with E-state index in [1.165, 1.54) is 0 Å². The van der Waals surface area contributed by atoms with E-state index in [4.69, 9.17) is 11.0 Å². The molecule has 0 amide bonds. The van der Waals surface area contributed by atoms with Crippen molar-refractivity contribution in [3.63, 3.8) is 0 Å². The summed E-state index contributed by atoms with van der Waals surface area (Å²) < 4.78 is 0.316. The van der Waals surface area contributed by atoms with Gasteiger partial charge in [-0.15, -0.1) is 0 Å². The van der Waals surface area contributed by atoms with Gasteiger partial charge >= 0.3 is 0 Å². The van der Waals surface area contributed by atoms with Crippen molar-refractivity contribution in [1.82, 2.24) is 0 Å². The summed E-state index contributed by atoms with van der Waals surface area (Å²) in [5.74, 6) is 1.09. The second kappa shape index (κ2) is 5.63. The maximum atomic E-state index is 8.86. The molecule has 0 aromatic heterocycles. The van der Waals surface area contributed by atoms with Gasteiger partial charge in [0.25, 0.3) is 0 Å². The minimum Gasteiger partial charge on any atom is -0.313 e. The Hall–Kier alpha value is -0.200. The van der Waals surface area contributed by atoms with Crippen LogP contribution in [0.15, 0.2) is 0 Å². The molecule has 0 aliphatic heterocycles. The average Bonchev–Trinajstić information content (AvgIpc) is 2.11. The number of nitrogens with two attached hydrogens (primary N) is 1. The van der Waals surface area contributed by atoms with E-state index in [0.717, 1.165) is 25.0 Å². The lowest BCUT2D eigenvalue weighted by Gasteiger charge is -2.21. The first-order chi connectivity index (χ1) is 6.33. The lowest BCUT2D eigenvalue weighted by Crippen LogP contribution is -2.37. The van der Waals surface area contributed by atoms with E-state index in [2.05, 4.69) is 26.8 Å². The number of hydrogen-bond acceptors (Lipinski definition) is 3. The lowest BCUT2D eigenvalue weighted by molar-refractivity contribution is 0.478. The summed E-state index contributed by atoms with van der Waals surface area (Å²) in [4.78, 5) is 0. The van der Waals surface area contributed by atoms with Gasteiger partial charge in [0.15, 0.2) is 0 Å². The van der Waals surface area contributed by atoms with Crippen LogP contribution in [-0.2, 0) is 0 Å². The van der Waals surface area contributed by atoms with Gasteiger partial charge in [0.1, 0.15) is 5.54 Å². The molecule has 1 unspecified atom stereocenters. The van der Waals surface area contributed by atoms with E-state index < -0.39 is 5.54 Å². The van der Waals surface area contributed by atoms with Crippen molar-refractivity contribution in [1.29, 1.82) is 5.26 Å². The molecule has 0 bridgehead atoms. The summed E-state index contributed by atoms with van der Waals surface area (Å²) in [5, 5.41) is 8.86. The predicted molar refractivity (Wildman–Crippen MR) is 64.3 cm³/mol. The lowest BCUT2D eigenvalue weighted by atomic mass is 9.94. The van der Waals surface area contributed by atoms with E-state index in [9.17, 15) is 0 Å². The monoisotopic (exact) mass is 214 g/mol. The number of hydrogen-bond donors (Lipinski definition) is 1. The smallest absolute Gasteiger partial charge is 0.104 e. The van der Waals surface area contributed by atoms with Gasteiger partial charge in [0.05, 0.1) is 6.07 Å². The molecule has 0 aromatic carbocycles. The number of rotatable bonds is 5. The Labute approximate surface area is 92.2 Å². The van der Waals surface area contributed by atoms with Crippen molar-refractivity contribution >= 4 is 11.8 Å². The molecule has 0 spiro atoms. The van der Waals surface area contributed by atoms with Gasteiger partial charge in [-0.1, -0.05) is 27.7 Å². The summed E-state index contributed by atoms with van der Waals surface area (Å²) in [5.41, 5.74) is 5.28. The van der Waals surface area contributed by atoms with Crippen LogP contribution < -0.4 is 5.73 Å². The molecule has 14 heavy (non-hydrogen) atoms. The molecule has 0 saturated carbocycles. The van der Waals surface area contributed by atoms with Crippen molar-refractivity contribution in [3.05, 3.63) is 0 Å². The molecule has 0 aromatic rings. The zero-order valence-corrected chi connectivity index (χ0v) is 10.6. The topological polar surface area (TPSA) is 49.8 Å². The molecule has 0 fully saturated rings. The SMILES string of the molecule is CCC(N)(C#N)CCCSC(C)(C)C. The minimum absolute atomic E-state index is 0.316. The van der Waals surface area contributed by atoms with Gasteiger partial charge in [0.2, 0.25) is 0 Å². The Kier molecular flexibility index (Phi) is 5.54. The van der Waals surface area contributed by atoms with E-state index in [1.54, 1.807) is 0 Å². The Morgan fingerprint density at radius 3 is 2.29 bits per heavy atom. The molecular formula is C11H22N2S. The maximum Gasteiger partial charge on any atom is 0.104 e. The van der Waals surface area contributed by atoms with Crippen molar-refractivity contribution < 1.29 is 0 Å². The number of thioether (sulfide) groups is 1. The van der Waals surface area contributed by atoms with Crippen molar-refractivity contribution in [2.24, 2.45) is 5.73 Å². The van der Waals surface area contributed by atoms with E-state index in [1.807, 2.05) is 18.7 Å². The van der Waals surface area contributed by atoms with Crippen LogP contribution in [-0.4, -0.2) is 16.0 Å². The van der Waals surface area contributed by atoms with Gasteiger partial charge in [-0.2, -0.15) is 17.0 Å². The van der Waals surface area contributed by atoms with Crippen LogP contribution in [0.1, 0.15) is 47.0 Å².